The first-order valence-corrected chi connectivity index (χ1v) is 15.4. The van der Waals surface area contributed by atoms with Crippen molar-refractivity contribution < 1.29 is 23.0 Å². The Balaban J connectivity index is 1.78. The largest absolute Gasteiger partial charge is 0.381 e. The van der Waals surface area contributed by atoms with Crippen LogP contribution in [0, 0.1) is 12.8 Å². The SMILES string of the molecule is Cc1nnn(C)c1-c1cnc2c3c(COCO)ncc(S(C)(=O)=O)c3n([C@H](c3ccccc3)C3CCOCC3)c2c1. The van der Waals surface area contributed by atoms with Crippen molar-refractivity contribution in [1.29, 1.82) is 0 Å². The smallest absolute Gasteiger partial charge is 0.179 e. The third kappa shape index (κ3) is 4.90. The molecule has 214 valence electrons. The van der Waals surface area contributed by atoms with Crippen LogP contribution in [0.5, 0.6) is 0 Å². The predicted octanol–water partition coefficient (Wildman–Crippen LogP) is 3.57. The molecule has 1 atom stereocenters. The van der Waals surface area contributed by atoms with E-state index in [1.54, 1.807) is 10.9 Å². The number of benzene rings is 1. The fraction of sp³-hybridized carbons (Fsp3) is 0.379. The van der Waals surface area contributed by atoms with Crippen molar-refractivity contribution in [2.75, 3.05) is 26.3 Å². The lowest BCUT2D eigenvalue weighted by Gasteiger charge is -2.33. The third-order valence-corrected chi connectivity index (χ3v) is 8.93. The van der Waals surface area contributed by atoms with Crippen LogP contribution in [-0.4, -0.2) is 69.3 Å². The van der Waals surface area contributed by atoms with Crippen LogP contribution in [0.4, 0.5) is 0 Å². The molecular formula is C29H32N6O5S. The number of aryl methyl sites for hydroxylation is 2. The Morgan fingerprint density at radius 2 is 1.90 bits per heavy atom. The van der Waals surface area contributed by atoms with Crippen molar-refractivity contribution in [3.8, 4) is 11.3 Å². The van der Waals surface area contributed by atoms with E-state index in [2.05, 4.69) is 32.0 Å². The molecule has 12 heteroatoms. The van der Waals surface area contributed by atoms with E-state index in [1.165, 1.54) is 12.5 Å². The van der Waals surface area contributed by atoms with Gasteiger partial charge in [-0.3, -0.25) is 9.97 Å². The van der Waals surface area contributed by atoms with Gasteiger partial charge < -0.3 is 19.1 Å². The first-order chi connectivity index (χ1) is 19.8. The van der Waals surface area contributed by atoms with E-state index in [1.807, 2.05) is 38.2 Å². The number of aliphatic hydroxyl groups excluding tert-OH is 1. The van der Waals surface area contributed by atoms with E-state index < -0.39 is 16.6 Å². The molecule has 5 aromatic rings. The van der Waals surface area contributed by atoms with Crippen LogP contribution in [0.2, 0.25) is 0 Å². The minimum absolute atomic E-state index is 0.00236. The quantitative estimate of drug-likeness (QED) is 0.275. The van der Waals surface area contributed by atoms with E-state index >= 15 is 0 Å². The third-order valence-electron chi connectivity index (χ3n) is 7.83. The molecule has 5 heterocycles. The molecule has 41 heavy (non-hydrogen) atoms. The van der Waals surface area contributed by atoms with Gasteiger partial charge in [0.2, 0.25) is 0 Å². The van der Waals surface area contributed by atoms with Crippen molar-refractivity contribution in [2.45, 2.75) is 37.3 Å². The molecular weight excluding hydrogens is 544 g/mol. The van der Waals surface area contributed by atoms with Gasteiger partial charge in [-0.1, -0.05) is 35.5 Å². The van der Waals surface area contributed by atoms with Crippen LogP contribution in [0.3, 0.4) is 0 Å². The molecule has 0 saturated carbocycles. The summed E-state index contributed by atoms with van der Waals surface area (Å²) in [6.07, 6.45) is 5.99. The molecule has 0 unspecified atom stereocenters. The second kappa shape index (κ2) is 10.9. The Morgan fingerprint density at radius 3 is 2.56 bits per heavy atom. The summed E-state index contributed by atoms with van der Waals surface area (Å²) in [5, 5.41) is 18.4. The average molecular weight is 577 g/mol. The highest BCUT2D eigenvalue weighted by molar-refractivity contribution is 7.91. The number of fused-ring (bicyclic) bond motifs is 3. The number of aliphatic hydroxyl groups is 1. The van der Waals surface area contributed by atoms with E-state index in [0.717, 1.165) is 40.9 Å². The lowest BCUT2D eigenvalue weighted by molar-refractivity contribution is -0.0120. The van der Waals surface area contributed by atoms with Crippen molar-refractivity contribution in [1.82, 2.24) is 29.5 Å². The number of rotatable bonds is 8. The van der Waals surface area contributed by atoms with Crippen molar-refractivity contribution in [2.24, 2.45) is 13.0 Å². The van der Waals surface area contributed by atoms with Gasteiger partial charge in [0.1, 0.15) is 11.7 Å². The fourth-order valence-electron chi connectivity index (χ4n) is 6.07. The van der Waals surface area contributed by atoms with Crippen LogP contribution < -0.4 is 0 Å². The first kappa shape index (κ1) is 27.5. The molecule has 0 amide bonds. The second-order valence-electron chi connectivity index (χ2n) is 10.5. The lowest BCUT2D eigenvalue weighted by atomic mass is 9.86. The van der Waals surface area contributed by atoms with Gasteiger partial charge in [-0.2, -0.15) is 0 Å². The van der Waals surface area contributed by atoms with E-state index in [0.29, 0.717) is 35.3 Å². The van der Waals surface area contributed by atoms with Crippen LogP contribution in [0.15, 0.2) is 53.7 Å². The van der Waals surface area contributed by atoms with Gasteiger partial charge in [0.05, 0.1) is 51.7 Å². The van der Waals surface area contributed by atoms with E-state index in [-0.39, 0.29) is 23.5 Å². The summed E-state index contributed by atoms with van der Waals surface area (Å²) in [5.74, 6) is 0.173. The molecule has 6 rings (SSSR count). The van der Waals surface area contributed by atoms with Crippen LogP contribution in [0.1, 0.15) is 35.8 Å². The maximum Gasteiger partial charge on any atom is 0.179 e. The molecule has 0 aliphatic carbocycles. The number of ether oxygens (including phenoxy) is 2. The minimum atomic E-state index is -3.70. The fourth-order valence-corrected chi connectivity index (χ4v) is 6.87. The van der Waals surface area contributed by atoms with Crippen molar-refractivity contribution >= 4 is 31.8 Å². The molecule has 4 aromatic heterocycles. The summed E-state index contributed by atoms with van der Waals surface area (Å²) in [6.45, 7) is 2.66. The molecule has 1 aromatic carbocycles. The molecule has 1 aliphatic heterocycles. The zero-order valence-electron chi connectivity index (χ0n) is 23.2. The monoisotopic (exact) mass is 576 g/mol. The van der Waals surface area contributed by atoms with Crippen LogP contribution in [0.25, 0.3) is 33.2 Å². The molecule has 11 nitrogen and oxygen atoms in total. The van der Waals surface area contributed by atoms with Gasteiger partial charge in [-0.05, 0) is 37.3 Å². The summed E-state index contributed by atoms with van der Waals surface area (Å²) in [6, 6.07) is 12.0. The van der Waals surface area contributed by atoms with E-state index in [4.69, 9.17) is 14.5 Å². The standard InChI is InChI=1S/C29H32N6O5S/c1-18-27(34(2)33-32-18)21-13-23-26(31-14-21)25-22(16-40-17-36)30-15-24(41(3,37)38)29(25)35(23)28(19-7-5-4-6-8-19)20-9-11-39-12-10-20/h4-8,13-15,20,28,36H,9-12,16-17H2,1-3H3/t28-/m1/s1. The number of hydrogen-bond acceptors (Lipinski definition) is 9. The summed E-state index contributed by atoms with van der Waals surface area (Å²) in [5.41, 5.74) is 5.86. The molecule has 1 aliphatic rings. The normalized spacial score (nSPS) is 15.6. The van der Waals surface area contributed by atoms with Gasteiger partial charge in [0.25, 0.3) is 0 Å². The number of pyridine rings is 2. The first-order valence-electron chi connectivity index (χ1n) is 13.5. The van der Waals surface area contributed by atoms with Crippen LogP contribution >= 0.6 is 0 Å². The molecule has 1 saturated heterocycles. The van der Waals surface area contributed by atoms with E-state index in [9.17, 15) is 13.5 Å². The molecule has 1 fully saturated rings. The predicted molar refractivity (Wildman–Crippen MR) is 153 cm³/mol. The Morgan fingerprint density at radius 1 is 1.15 bits per heavy atom. The zero-order chi connectivity index (χ0) is 28.7. The second-order valence-corrected chi connectivity index (χ2v) is 12.4. The summed E-state index contributed by atoms with van der Waals surface area (Å²) in [7, 11) is -1.87. The highest BCUT2D eigenvalue weighted by Crippen LogP contribution is 2.43. The summed E-state index contributed by atoms with van der Waals surface area (Å²) in [4.78, 5) is 9.54. The van der Waals surface area contributed by atoms with Gasteiger partial charge >= 0.3 is 0 Å². The lowest BCUT2D eigenvalue weighted by Crippen LogP contribution is -2.27. The maximum absolute atomic E-state index is 13.3. The Bertz CT molecular complexity index is 1810. The number of nitrogens with zero attached hydrogens (tertiary/aromatic N) is 6. The molecule has 0 radical (unpaired) electrons. The maximum atomic E-state index is 13.3. The highest BCUT2D eigenvalue weighted by Gasteiger charge is 2.33. The number of hydrogen-bond donors (Lipinski definition) is 1. The Kier molecular flexibility index (Phi) is 7.32. The number of aromatic nitrogens is 6. The average Bonchev–Trinajstić information content (AvgIpc) is 3.48. The molecule has 0 spiro atoms. The molecule has 1 N–H and O–H groups in total. The zero-order valence-corrected chi connectivity index (χ0v) is 24.0. The Hall–Kier alpha value is -3.71. The van der Waals surface area contributed by atoms with Crippen molar-refractivity contribution in [3.63, 3.8) is 0 Å². The minimum Gasteiger partial charge on any atom is -0.381 e. The van der Waals surface area contributed by atoms with Gasteiger partial charge in [-0.25, -0.2) is 13.1 Å². The van der Waals surface area contributed by atoms with Gasteiger partial charge in [0, 0.05) is 44.5 Å². The summed E-state index contributed by atoms with van der Waals surface area (Å²) >= 11 is 0. The van der Waals surface area contributed by atoms with Gasteiger partial charge in [0.15, 0.2) is 9.84 Å². The molecule has 0 bridgehead atoms. The number of sulfone groups is 1. The highest BCUT2D eigenvalue weighted by atomic mass is 32.2. The van der Waals surface area contributed by atoms with Crippen molar-refractivity contribution in [3.05, 3.63) is 65.7 Å². The summed E-state index contributed by atoms with van der Waals surface area (Å²) < 4.78 is 41.5. The topological polar surface area (TPSA) is 134 Å². The Labute approximate surface area is 237 Å². The van der Waals surface area contributed by atoms with Gasteiger partial charge in [-0.15, -0.1) is 5.10 Å². The van der Waals surface area contributed by atoms with Crippen LogP contribution in [-0.2, 0) is 33.0 Å².